The molecule has 0 radical (unpaired) electrons. The van der Waals surface area contributed by atoms with E-state index in [1.165, 1.54) is 0 Å². The Labute approximate surface area is 85.0 Å². The Bertz CT molecular complexity index is 598. The topological polar surface area (TPSA) is 67.8 Å². The molecule has 1 aromatic heterocycles. The van der Waals surface area contributed by atoms with Crippen LogP contribution in [0.4, 0.5) is 0 Å². The summed E-state index contributed by atoms with van der Waals surface area (Å²) in [6.07, 6.45) is 1.07. The Hall–Kier alpha value is -2.17. The van der Waals surface area contributed by atoms with Gasteiger partial charge in [-0.05, 0) is 24.6 Å². The van der Waals surface area contributed by atoms with Crippen molar-refractivity contribution in [2.45, 2.75) is 6.92 Å². The summed E-state index contributed by atoms with van der Waals surface area (Å²) in [5, 5.41) is 3.75. The predicted molar refractivity (Wildman–Crippen MR) is 55.2 cm³/mol. The zero-order chi connectivity index (χ0) is 10.8. The van der Waals surface area contributed by atoms with Crippen LogP contribution in [-0.4, -0.2) is 14.8 Å². The van der Waals surface area contributed by atoms with Crippen molar-refractivity contribution in [2.24, 2.45) is 0 Å². The number of nitrogens with one attached hydrogen (secondary N) is 1. The maximum Gasteiger partial charge on any atom is 0.349 e. The molecule has 0 aliphatic carbocycles. The second kappa shape index (κ2) is 3.53. The summed E-state index contributed by atoms with van der Waals surface area (Å²) in [7, 11) is 0. The summed E-state index contributed by atoms with van der Waals surface area (Å²) in [5.41, 5.74) is 0.626. The zero-order valence-electron chi connectivity index (χ0n) is 8.10. The Balaban J connectivity index is 2.64. The van der Waals surface area contributed by atoms with Gasteiger partial charge in [-0.3, -0.25) is 9.78 Å². The number of benzene rings is 1. The highest BCUT2D eigenvalue weighted by molar-refractivity contribution is 5.33. The Kier molecular flexibility index (Phi) is 2.21. The molecule has 1 aromatic carbocycles. The van der Waals surface area contributed by atoms with Gasteiger partial charge in [0, 0.05) is 0 Å². The van der Waals surface area contributed by atoms with E-state index in [0.717, 1.165) is 16.4 Å². The molecule has 5 heteroatoms. The molecule has 5 nitrogen and oxygen atoms in total. The van der Waals surface area contributed by atoms with E-state index in [2.05, 4.69) is 10.1 Å². The highest BCUT2D eigenvalue weighted by atomic mass is 16.2. The molecule has 76 valence electrons. The van der Waals surface area contributed by atoms with Crippen molar-refractivity contribution in [1.29, 1.82) is 0 Å². The number of nitrogens with zero attached hydrogens (tertiary/aromatic N) is 2. The maximum atomic E-state index is 11.4. The quantitative estimate of drug-likeness (QED) is 0.721. The minimum absolute atomic E-state index is 0.496. The summed E-state index contributed by atoms with van der Waals surface area (Å²) < 4.78 is 1.15. The highest BCUT2D eigenvalue weighted by Crippen LogP contribution is 2.05. The molecule has 0 bridgehead atoms. The minimum atomic E-state index is -0.534. The summed E-state index contributed by atoms with van der Waals surface area (Å²) in [5.74, 6) is 0. The van der Waals surface area contributed by atoms with Crippen LogP contribution in [0.2, 0.25) is 0 Å². The van der Waals surface area contributed by atoms with Crippen LogP contribution in [0, 0.1) is 6.92 Å². The fraction of sp³-hybridized carbons (Fsp3) is 0.100. The van der Waals surface area contributed by atoms with Crippen LogP contribution in [0.15, 0.2) is 40.1 Å². The Morgan fingerprint density at radius 1 is 1.33 bits per heavy atom. The van der Waals surface area contributed by atoms with Crippen LogP contribution in [0.5, 0.6) is 0 Å². The molecular formula is C10H9N3O2. The smallest absolute Gasteiger partial charge is 0.271 e. The largest absolute Gasteiger partial charge is 0.349 e. The van der Waals surface area contributed by atoms with Gasteiger partial charge in [0.05, 0.1) is 5.69 Å². The average molecular weight is 203 g/mol. The van der Waals surface area contributed by atoms with Crippen molar-refractivity contribution in [3.63, 3.8) is 0 Å². The van der Waals surface area contributed by atoms with Gasteiger partial charge in [0.15, 0.2) is 0 Å². The van der Waals surface area contributed by atoms with Gasteiger partial charge >= 0.3 is 5.69 Å². The summed E-state index contributed by atoms with van der Waals surface area (Å²) >= 11 is 0. The molecule has 2 rings (SSSR count). The van der Waals surface area contributed by atoms with Gasteiger partial charge in [0.2, 0.25) is 0 Å². The van der Waals surface area contributed by atoms with Crippen molar-refractivity contribution in [3.8, 4) is 5.69 Å². The molecule has 2 aromatic rings. The predicted octanol–water partition coefficient (Wildman–Crippen LogP) is 0.229. The number of hydrogen-bond acceptors (Lipinski definition) is 3. The monoisotopic (exact) mass is 203 g/mol. The van der Waals surface area contributed by atoms with Gasteiger partial charge in [-0.25, -0.2) is 4.79 Å². The average Bonchev–Trinajstić information content (AvgIpc) is 2.17. The van der Waals surface area contributed by atoms with Crippen molar-refractivity contribution in [3.05, 3.63) is 56.9 Å². The third-order valence-corrected chi connectivity index (χ3v) is 1.96. The minimum Gasteiger partial charge on any atom is -0.271 e. The van der Waals surface area contributed by atoms with Crippen LogP contribution in [-0.2, 0) is 0 Å². The van der Waals surface area contributed by atoms with E-state index >= 15 is 0 Å². The first-order chi connectivity index (χ1) is 7.16. The number of aromatic amines is 1. The van der Waals surface area contributed by atoms with Gasteiger partial charge < -0.3 is 0 Å². The lowest BCUT2D eigenvalue weighted by Gasteiger charge is -2.02. The Morgan fingerprint density at radius 3 is 2.80 bits per heavy atom. The number of aromatic nitrogens is 3. The van der Waals surface area contributed by atoms with E-state index in [0.29, 0.717) is 5.69 Å². The van der Waals surface area contributed by atoms with Crippen molar-refractivity contribution in [1.82, 2.24) is 14.8 Å². The molecule has 0 saturated carbocycles. The third kappa shape index (κ3) is 1.85. The third-order valence-electron chi connectivity index (χ3n) is 1.96. The standard InChI is InChI=1S/C10H9N3O2/c1-7-3-2-4-8(5-7)13-10(15)12-9(14)6-11-13/h2-6H,1H3,(H,12,14,15). The van der Waals surface area contributed by atoms with E-state index in [9.17, 15) is 9.59 Å². The Morgan fingerprint density at radius 2 is 2.13 bits per heavy atom. The lowest BCUT2D eigenvalue weighted by Crippen LogP contribution is -2.30. The lowest BCUT2D eigenvalue weighted by molar-refractivity contribution is 0.749. The summed E-state index contributed by atoms with van der Waals surface area (Å²) in [4.78, 5) is 24.4. The molecular weight excluding hydrogens is 194 g/mol. The molecule has 0 spiro atoms. The normalized spacial score (nSPS) is 10.2. The van der Waals surface area contributed by atoms with Gasteiger partial charge in [0.1, 0.15) is 6.20 Å². The second-order valence-corrected chi connectivity index (χ2v) is 3.19. The molecule has 0 fully saturated rings. The van der Waals surface area contributed by atoms with Crippen LogP contribution in [0.1, 0.15) is 5.56 Å². The van der Waals surface area contributed by atoms with Gasteiger partial charge in [-0.1, -0.05) is 12.1 Å². The fourth-order valence-corrected chi connectivity index (χ4v) is 1.30. The molecule has 0 unspecified atom stereocenters. The highest BCUT2D eigenvalue weighted by Gasteiger charge is 2.00. The first kappa shape index (κ1) is 9.39. The van der Waals surface area contributed by atoms with Gasteiger partial charge in [-0.2, -0.15) is 9.78 Å². The van der Waals surface area contributed by atoms with Crippen molar-refractivity contribution in [2.75, 3.05) is 0 Å². The summed E-state index contributed by atoms with van der Waals surface area (Å²) in [6, 6.07) is 7.30. The van der Waals surface area contributed by atoms with Crippen LogP contribution in [0.25, 0.3) is 5.69 Å². The van der Waals surface area contributed by atoms with Crippen LogP contribution < -0.4 is 11.2 Å². The van der Waals surface area contributed by atoms with E-state index in [-0.39, 0.29) is 0 Å². The number of aryl methyl sites for hydroxylation is 1. The van der Waals surface area contributed by atoms with Crippen LogP contribution >= 0.6 is 0 Å². The van der Waals surface area contributed by atoms with E-state index in [1.54, 1.807) is 6.07 Å². The van der Waals surface area contributed by atoms with Gasteiger partial charge in [0.25, 0.3) is 5.56 Å². The van der Waals surface area contributed by atoms with Crippen molar-refractivity contribution >= 4 is 0 Å². The van der Waals surface area contributed by atoms with Crippen molar-refractivity contribution < 1.29 is 0 Å². The van der Waals surface area contributed by atoms with E-state index in [4.69, 9.17) is 0 Å². The zero-order valence-corrected chi connectivity index (χ0v) is 8.10. The summed E-state index contributed by atoms with van der Waals surface area (Å²) in [6.45, 7) is 1.92. The number of rotatable bonds is 1. The first-order valence-electron chi connectivity index (χ1n) is 4.42. The van der Waals surface area contributed by atoms with Gasteiger partial charge in [-0.15, -0.1) is 0 Å². The molecule has 0 amide bonds. The van der Waals surface area contributed by atoms with Crippen LogP contribution in [0.3, 0.4) is 0 Å². The van der Waals surface area contributed by atoms with E-state index < -0.39 is 11.2 Å². The molecule has 15 heavy (non-hydrogen) atoms. The maximum absolute atomic E-state index is 11.4. The molecule has 1 N–H and O–H groups in total. The molecule has 0 saturated heterocycles. The first-order valence-corrected chi connectivity index (χ1v) is 4.42. The molecule has 1 heterocycles. The fourth-order valence-electron chi connectivity index (χ4n) is 1.30. The molecule has 0 atom stereocenters. The SMILES string of the molecule is Cc1cccc(-n2ncc(=O)[nH]c2=O)c1. The molecule has 0 aliphatic rings. The lowest BCUT2D eigenvalue weighted by atomic mass is 10.2. The number of H-pyrrole nitrogens is 1. The van der Waals surface area contributed by atoms with E-state index in [1.807, 2.05) is 25.1 Å². The number of hydrogen-bond donors (Lipinski definition) is 1. The molecule has 0 aliphatic heterocycles. The second-order valence-electron chi connectivity index (χ2n) is 3.19.